The quantitative estimate of drug-likeness (QED) is 0.445. The van der Waals surface area contributed by atoms with E-state index in [4.69, 9.17) is 25.6 Å². The average molecular weight is 552 g/mol. The molecule has 1 aromatic heterocycles. The van der Waals surface area contributed by atoms with Crippen LogP contribution < -0.4 is 15.4 Å². The highest BCUT2D eigenvalue weighted by atomic mass is 35.5. The maximum atomic E-state index is 13.6. The zero-order valence-corrected chi connectivity index (χ0v) is 22.5. The average Bonchev–Trinajstić information content (AvgIpc) is 3.35. The number of guanidine groups is 1. The number of aliphatic imine (C=N–C) groups is 1. The third kappa shape index (κ3) is 6.58. The summed E-state index contributed by atoms with van der Waals surface area (Å²) >= 11 is 6.06. The Hall–Kier alpha value is -3.89. The van der Waals surface area contributed by atoms with Crippen molar-refractivity contribution in [1.82, 2.24) is 15.4 Å². The first-order chi connectivity index (χ1) is 18.9. The van der Waals surface area contributed by atoms with E-state index in [1.165, 1.54) is 0 Å². The SMILES string of the molecule is Cc1cc(Oc2ccc(NC3=NCC(NC(=O)C4CCOCC4)C(=O)N3Cc3ccc(Cl)cc3)cc2C)no1. The Morgan fingerprint density at radius 3 is 2.59 bits per heavy atom. The Morgan fingerprint density at radius 2 is 1.90 bits per heavy atom. The minimum atomic E-state index is -0.748. The summed E-state index contributed by atoms with van der Waals surface area (Å²) in [5.41, 5.74) is 2.46. The van der Waals surface area contributed by atoms with Crippen LogP contribution in [0, 0.1) is 19.8 Å². The lowest BCUT2D eigenvalue weighted by molar-refractivity contribution is -0.136. The topological polar surface area (TPSA) is 118 Å². The van der Waals surface area contributed by atoms with Crippen molar-refractivity contribution in [3.05, 3.63) is 70.4 Å². The number of nitrogens with one attached hydrogen (secondary N) is 2. The third-order valence-corrected chi connectivity index (χ3v) is 6.91. The summed E-state index contributed by atoms with van der Waals surface area (Å²) in [4.78, 5) is 32.7. The van der Waals surface area contributed by atoms with Crippen LogP contribution in [-0.2, 0) is 20.9 Å². The minimum Gasteiger partial charge on any atom is -0.436 e. The molecule has 2 aliphatic heterocycles. The Kier molecular flexibility index (Phi) is 8.13. The fourth-order valence-electron chi connectivity index (χ4n) is 4.50. The molecule has 0 saturated carbocycles. The first kappa shape index (κ1) is 26.7. The summed E-state index contributed by atoms with van der Waals surface area (Å²) in [5, 5.41) is 10.7. The number of hydrogen-bond acceptors (Lipinski definition) is 8. The van der Waals surface area contributed by atoms with E-state index in [2.05, 4.69) is 20.8 Å². The van der Waals surface area contributed by atoms with Crippen molar-refractivity contribution >= 4 is 35.1 Å². The predicted molar refractivity (Wildman–Crippen MR) is 146 cm³/mol. The molecular formula is C28H30ClN5O5. The van der Waals surface area contributed by atoms with Gasteiger partial charge in [0.15, 0.2) is 0 Å². The van der Waals surface area contributed by atoms with Crippen molar-refractivity contribution in [2.24, 2.45) is 10.9 Å². The van der Waals surface area contributed by atoms with Gasteiger partial charge in [0.1, 0.15) is 17.6 Å². The third-order valence-electron chi connectivity index (χ3n) is 6.66. The van der Waals surface area contributed by atoms with Crippen molar-refractivity contribution in [2.75, 3.05) is 25.1 Å². The summed E-state index contributed by atoms with van der Waals surface area (Å²) in [5.74, 6) is 1.52. The molecule has 2 amide bonds. The Labute approximate surface area is 231 Å². The molecule has 3 heterocycles. The lowest BCUT2D eigenvalue weighted by Crippen LogP contribution is -2.57. The molecule has 0 radical (unpaired) electrons. The predicted octanol–water partition coefficient (Wildman–Crippen LogP) is 4.46. The normalized spacial score (nSPS) is 18.0. The second-order valence-corrected chi connectivity index (χ2v) is 10.1. The number of carbonyl (C=O) groups is 2. The molecule has 39 heavy (non-hydrogen) atoms. The van der Waals surface area contributed by atoms with Crippen LogP contribution in [0.15, 0.2) is 58.0 Å². The fourth-order valence-corrected chi connectivity index (χ4v) is 4.62. The first-order valence-corrected chi connectivity index (χ1v) is 13.2. The number of benzene rings is 2. The molecule has 11 heteroatoms. The summed E-state index contributed by atoms with van der Waals surface area (Å²) in [6, 6.07) is 13.8. The first-order valence-electron chi connectivity index (χ1n) is 12.8. The van der Waals surface area contributed by atoms with Crippen molar-refractivity contribution in [3.8, 4) is 11.6 Å². The van der Waals surface area contributed by atoms with Crippen LogP contribution in [0.1, 0.15) is 29.7 Å². The van der Waals surface area contributed by atoms with Gasteiger partial charge in [-0.15, -0.1) is 0 Å². The number of hydrogen-bond donors (Lipinski definition) is 2. The summed E-state index contributed by atoms with van der Waals surface area (Å²) in [6.07, 6.45) is 1.29. The van der Waals surface area contributed by atoms with Gasteiger partial charge in [0.05, 0.1) is 13.1 Å². The van der Waals surface area contributed by atoms with Crippen molar-refractivity contribution < 1.29 is 23.6 Å². The number of rotatable bonds is 7. The van der Waals surface area contributed by atoms with E-state index >= 15 is 0 Å². The number of amides is 2. The monoisotopic (exact) mass is 551 g/mol. The number of nitrogens with zero attached hydrogens (tertiary/aromatic N) is 3. The van der Waals surface area contributed by atoms with Crippen LogP contribution in [0.5, 0.6) is 11.6 Å². The largest absolute Gasteiger partial charge is 0.436 e. The van der Waals surface area contributed by atoms with E-state index in [0.29, 0.717) is 54.4 Å². The molecule has 1 atom stereocenters. The highest BCUT2D eigenvalue weighted by Gasteiger charge is 2.35. The molecule has 0 spiro atoms. The molecule has 10 nitrogen and oxygen atoms in total. The van der Waals surface area contributed by atoms with Gasteiger partial charge in [0, 0.05) is 35.9 Å². The molecule has 204 valence electrons. The number of aromatic nitrogens is 1. The number of aryl methyl sites for hydroxylation is 2. The number of carbonyl (C=O) groups excluding carboxylic acids is 2. The highest BCUT2D eigenvalue weighted by molar-refractivity contribution is 6.30. The number of halogens is 1. The van der Waals surface area contributed by atoms with Gasteiger partial charge in [-0.25, -0.2) is 4.99 Å². The standard InChI is InChI=1S/C28H30ClN5O5/c1-17-13-22(7-8-24(17)38-25-14-18(2)39-33-25)31-28-30-15-23(32-26(35)20-9-11-37-12-10-20)27(36)34(28)16-19-3-5-21(29)6-4-19/h3-8,13-14,20,23H,9-12,15-16H2,1-2H3,(H,30,31)(H,32,35). The van der Waals surface area contributed by atoms with E-state index in [1.807, 2.05) is 37.3 Å². The van der Waals surface area contributed by atoms with Gasteiger partial charge in [-0.05, 0) is 73.3 Å². The molecule has 1 fully saturated rings. The Balaban J connectivity index is 1.34. The number of ether oxygens (including phenoxy) is 2. The summed E-state index contributed by atoms with van der Waals surface area (Å²) in [7, 11) is 0. The van der Waals surface area contributed by atoms with Crippen LogP contribution >= 0.6 is 11.6 Å². The minimum absolute atomic E-state index is 0.136. The lowest BCUT2D eigenvalue weighted by Gasteiger charge is -2.33. The summed E-state index contributed by atoms with van der Waals surface area (Å²) in [6.45, 7) is 5.20. The van der Waals surface area contributed by atoms with Crippen molar-refractivity contribution in [2.45, 2.75) is 39.3 Å². The van der Waals surface area contributed by atoms with Crippen LogP contribution in [0.4, 0.5) is 5.69 Å². The molecule has 1 unspecified atom stereocenters. The maximum absolute atomic E-state index is 13.6. The van der Waals surface area contributed by atoms with Gasteiger partial charge >= 0.3 is 0 Å². The Bertz CT molecular complexity index is 1370. The van der Waals surface area contributed by atoms with E-state index in [9.17, 15) is 9.59 Å². The van der Waals surface area contributed by atoms with E-state index in [-0.39, 0.29) is 30.8 Å². The van der Waals surface area contributed by atoms with Crippen LogP contribution in [0.2, 0.25) is 5.02 Å². The number of anilines is 1. The maximum Gasteiger partial charge on any atom is 0.259 e. The van der Waals surface area contributed by atoms with Gasteiger partial charge in [-0.1, -0.05) is 23.7 Å². The second kappa shape index (κ2) is 11.9. The zero-order valence-electron chi connectivity index (χ0n) is 21.8. The molecule has 0 bridgehead atoms. The molecule has 2 aliphatic rings. The summed E-state index contributed by atoms with van der Waals surface area (Å²) < 4.78 is 16.2. The molecule has 1 saturated heterocycles. The van der Waals surface area contributed by atoms with Crippen molar-refractivity contribution in [3.63, 3.8) is 0 Å². The fraction of sp³-hybridized carbons (Fsp3) is 0.357. The van der Waals surface area contributed by atoms with E-state index in [0.717, 1.165) is 16.8 Å². The van der Waals surface area contributed by atoms with Crippen LogP contribution in [0.25, 0.3) is 0 Å². The molecule has 5 rings (SSSR count). The van der Waals surface area contributed by atoms with Gasteiger partial charge in [0.2, 0.25) is 11.9 Å². The molecule has 0 aliphatic carbocycles. The van der Waals surface area contributed by atoms with Crippen molar-refractivity contribution in [1.29, 1.82) is 0 Å². The Morgan fingerprint density at radius 1 is 1.13 bits per heavy atom. The van der Waals surface area contributed by atoms with E-state index in [1.54, 1.807) is 30.0 Å². The molecular weight excluding hydrogens is 522 g/mol. The molecule has 2 N–H and O–H groups in total. The highest BCUT2D eigenvalue weighted by Crippen LogP contribution is 2.28. The smallest absolute Gasteiger partial charge is 0.259 e. The van der Waals surface area contributed by atoms with Gasteiger partial charge in [-0.2, -0.15) is 0 Å². The molecule has 3 aromatic rings. The van der Waals surface area contributed by atoms with Crippen LogP contribution in [-0.4, -0.2) is 53.6 Å². The van der Waals surface area contributed by atoms with Crippen LogP contribution in [0.3, 0.4) is 0 Å². The van der Waals surface area contributed by atoms with Gasteiger partial charge in [0.25, 0.3) is 11.8 Å². The van der Waals surface area contributed by atoms with Gasteiger partial charge in [-0.3, -0.25) is 14.5 Å². The second-order valence-electron chi connectivity index (χ2n) is 9.65. The zero-order chi connectivity index (χ0) is 27.4. The lowest BCUT2D eigenvalue weighted by atomic mass is 9.99. The van der Waals surface area contributed by atoms with Gasteiger partial charge < -0.3 is 24.6 Å². The van der Waals surface area contributed by atoms with E-state index < -0.39 is 6.04 Å². The molecule has 2 aromatic carbocycles.